The molecular formula is C18H16FN3O2. The van der Waals surface area contributed by atoms with Crippen LogP contribution in [-0.4, -0.2) is 26.9 Å². The molecule has 0 spiro atoms. The van der Waals surface area contributed by atoms with Crippen LogP contribution >= 0.6 is 0 Å². The third-order valence-corrected chi connectivity index (χ3v) is 3.45. The highest BCUT2D eigenvalue weighted by atomic mass is 19.1. The molecule has 2 heterocycles. The van der Waals surface area contributed by atoms with Crippen LogP contribution in [0.15, 0.2) is 42.7 Å². The summed E-state index contributed by atoms with van der Waals surface area (Å²) in [6, 6.07) is 9.86. The molecule has 0 atom stereocenters. The zero-order valence-corrected chi connectivity index (χ0v) is 13.3. The maximum atomic E-state index is 13.2. The fourth-order valence-corrected chi connectivity index (χ4v) is 2.37. The average Bonchev–Trinajstić information content (AvgIpc) is 2.95. The van der Waals surface area contributed by atoms with E-state index in [4.69, 9.17) is 4.74 Å². The second-order valence-electron chi connectivity index (χ2n) is 6.16. The lowest BCUT2D eigenvalue weighted by Gasteiger charge is -2.18. The van der Waals surface area contributed by atoms with Crippen molar-refractivity contribution >= 4 is 5.52 Å². The summed E-state index contributed by atoms with van der Waals surface area (Å²) in [6.07, 6.45) is 3.12. The van der Waals surface area contributed by atoms with Gasteiger partial charge in [0.1, 0.15) is 24.2 Å². The summed E-state index contributed by atoms with van der Waals surface area (Å²) in [5.41, 5.74) is 1.51. The molecule has 0 aliphatic carbocycles. The lowest BCUT2D eigenvalue weighted by atomic mass is 10.0. The minimum absolute atomic E-state index is 0.105. The number of aliphatic hydroxyl groups is 1. The van der Waals surface area contributed by atoms with Gasteiger partial charge in [-0.2, -0.15) is 10.4 Å². The predicted octanol–water partition coefficient (Wildman–Crippen LogP) is 3.16. The minimum Gasteiger partial charge on any atom is -0.489 e. The second-order valence-corrected chi connectivity index (χ2v) is 6.16. The number of hydrogen-bond acceptors (Lipinski definition) is 4. The zero-order valence-electron chi connectivity index (χ0n) is 13.3. The van der Waals surface area contributed by atoms with Crippen molar-refractivity contribution < 1.29 is 14.2 Å². The maximum Gasteiger partial charge on any atom is 0.138 e. The number of pyridine rings is 1. The van der Waals surface area contributed by atoms with Crippen molar-refractivity contribution in [3.8, 4) is 22.9 Å². The van der Waals surface area contributed by atoms with E-state index in [1.807, 2.05) is 0 Å². The molecule has 122 valence electrons. The number of hydrogen-bond donors (Lipinski definition) is 1. The van der Waals surface area contributed by atoms with Crippen LogP contribution in [-0.2, 0) is 0 Å². The van der Waals surface area contributed by atoms with Crippen molar-refractivity contribution in [1.82, 2.24) is 9.61 Å². The average molecular weight is 325 g/mol. The van der Waals surface area contributed by atoms with E-state index in [0.29, 0.717) is 22.4 Å². The molecule has 0 aliphatic heterocycles. The monoisotopic (exact) mass is 325 g/mol. The van der Waals surface area contributed by atoms with E-state index in [-0.39, 0.29) is 12.4 Å². The van der Waals surface area contributed by atoms with Gasteiger partial charge in [0.25, 0.3) is 0 Å². The van der Waals surface area contributed by atoms with Gasteiger partial charge < -0.3 is 9.84 Å². The number of nitriles is 1. The van der Waals surface area contributed by atoms with Gasteiger partial charge >= 0.3 is 0 Å². The number of aromatic nitrogens is 2. The van der Waals surface area contributed by atoms with Gasteiger partial charge in [-0.3, -0.25) is 0 Å². The molecule has 6 heteroatoms. The van der Waals surface area contributed by atoms with E-state index in [0.717, 1.165) is 5.56 Å². The molecule has 1 N–H and O–H groups in total. The molecule has 24 heavy (non-hydrogen) atoms. The van der Waals surface area contributed by atoms with Crippen LogP contribution in [0.3, 0.4) is 0 Å². The Labute approximate surface area is 138 Å². The molecule has 0 fully saturated rings. The Bertz CT molecular complexity index is 918. The van der Waals surface area contributed by atoms with Crippen molar-refractivity contribution in [2.24, 2.45) is 0 Å². The summed E-state index contributed by atoms with van der Waals surface area (Å²) >= 11 is 0. The van der Waals surface area contributed by atoms with Gasteiger partial charge in [-0.05, 0) is 37.6 Å². The highest BCUT2D eigenvalue weighted by Gasteiger charge is 2.16. The number of nitrogens with zero attached hydrogens (tertiary/aromatic N) is 3. The molecule has 0 unspecified atom stereocenters. The van der Waals surface area contributed by atoms with Crippen LogP contribution < -0.4 is 4.74 Å². The van der Waals surface area contributed by atoms with E-state index in [1.54, 1.807) is 42.8 Å². The van der Waals surface area contributed by atoms with Gasteiger partial charge in [0, 0.05) is 5.56 Å². The van der Waals surface area contributed by atoms with Crippen molar-refractivity contribution in [2.75, 3.05) is 6.61 Å². The SMILES string of the molecule is CC(C)(O)COc1cc(-c2ccc(F)cc2)c2c(C#N)cnn2c1. The first kappa shape index (κ1) is 16.0. The molecule has 1 aromatic carbocycles. The molecule has 2 aromatic heterocycles. The van der Waals surface area contributed by atoms with E-state index < -0.39 is 5.60 Å². The largest absolute Gasteiger partial charge is 0.489 e. The molecule has 0 saturated carbocycles. The number of ether oxygens (including phenoxy) is 1. The molecule has 0 aliphatic rings. The van der Waals surface area contributed by atoms with Crippen LogP contribution in [0.2, 0.25) is 0 Å². The third kappa shape index (κ3) is 3.21. The normalized spacial score (nSPS) is 11.5. The smallest absolute Gasteiger partial charge is 0.138 e. The first-order valence-corrected chi connectivity index (χ1v) is 7.40. The summed E-state index contributed by atoms with van der Waals surface area (Å²) in [5.74, 6) is 0.162. The summed E-state index contributed by atoms with van der Waals surface area (Å²) in [4.78, 5) is 0. The fourth-order valence-electron chi connectivity index (χ4n) is 2.37. The van der Waals surface area contributed by atoms with Crippen LogP contribution in [0.25, 0.3) is 16.6 Å². The van der Waals surface area contributed by atoms with E-state index in [1.165, 1.54) is 18.3 Å². The molecule has 0 amide bonds. The van der Waals surface area contributed by atoms with Gasteiger partial charge in [-0.25, -0.2) is 8.91 Å². The van der Waals surface area contributed by atoms with Gasteiger partial charge in [-0.1, -0.05) is 12.1 Å². The van der Waals surface area contributed by atoms with Crippen LogP contribution in [0, 0.1) is 17.1 Å². The lowest BCUT2D eigenvalue weighted by Crippen LogP contribution is -2.27. The fraction of sp³-hybridized carbons (Fsp3) is 0.222. The van der Waals surface area contributed by atoms with Gasteiger partial charge in [-0.15, -0.1) is 0 Å². The molecule has 3 rings (SSSR count). The van der Waals surface area contributed by atoms with Crippen molar-refractivity contribution in [1.29, 1.82) is 5.26 Å². The summed E-state index contributed by atoms with van der Waals surface area (Å²) < 4.78 is 20.4. The predicted molar refractivity (Wildman–Crippen MR) is 87.1 cm³/mol. The highest BCUT2D eigenvalue weighted by molar-refractivity contribution is 5.85. The first-order chi connectivity index (χ1) is 11.4. The standard InChI is InChI=1S/C18H16FN3O2/c1-18(2,23)11-24-15-7-16(12-3-5-14(19)6-4-12)17-13(8-20)9-21-22(17)10-15/h3-7,9-10,23H,11H2,1-2H3. The topological polar surface area (TPSA) is 70.5 Å². The quantitative estimate of drug-likeness (QED) is 0.800. The van der Waals surface area contributed by atoms with Gasteiger partial charge in [0.2, 0.25) is 0 Å². The molecule has 3 aromatic rings. The zero-order chi connectivity index (χ0) is 17.3. The number of benzene rings is 1. The number of halogens is 1. The molecule has 0 radical (unpaired) electrons. The van der Waals surface area contributed by atoms with E-state index in [9.17, 15) is 14.8 Å². The first-order valence-electron chi connectivity index (χ1n) is 7.40. The van der Waals surface area contributed by atoms with Crippen LogP contribution in [0.5, 0.6) is 5.75 Å². The number of rotatable bonds is 4. The summed E-state index contributed by atoms with van der Waals surface area (Å²) in [5, 5.41) is 23.3. The van der Waals surface area contributed by atoms with Gasteiger partial charge in [0.05, 0.1) is 29.1 Å². The minimum atomic E-state index is -0.979. The molecule has 0 bridgehead atoms. The van der Waals surface area contributed by atoms with Crippen LogP contribution in [0.1, 0.15) is 19.4 Å². The molecular weight excluding hydrogens is 309 g/mol. The van der Waals surface area contributed by atoms with Crippen LogP contribution in [0.4, 0.5) is 4.39 Å². The Morgan fingerprint density at radius 3 is 2.67 bits per heavy atom. The molecule has 5 nitrogen and oxygen atoms in total. The van der Waals surface area contributed by atoms with Crippen molar-refractivity contribution in [3.05, 3.63) is 54.1 Å². The maximum absolute atomic E-state index is 13.2. The summed E-state index contributed by atoms with van der Waals surface area (Å²) in [7, 11) is 0. The van der Waals surface area contributed by atoms with E-state index in [2.05, 4.69) is 11.2 Å². The molecule has 0 saturated heterocycles. The number of fused-ring (bicyclic) bond motifs is 1. The highest BCUT2D eigenvalue weighted by Crippen LogP contribution is 2.31. The van der Waals surface area contributed by atoms with Gasteiger partial charge in [0.15, 0.2) is 0 Å². The Morgan fingerprint density at radius 2 is 2.04 bits per heavy atom. The second kappa shape index (κ2) is 5.95. The van der Waals surface area contributed by atoms with E-state index >= 15 is 0 Å². The Kier molecular flexibility index (Phi) is 3.96. The Hall–Kier alpha value is -2.91. The summed E-state index contributed by atoms with van der Waals surface area (Å²) in [6.45, 7) is 3.40. The third-order valence-electron chi connectivity index (χ3n) is 3.45. The Morgan fingerprint density at radius 1 is 1.33 bits per heavy atom. The Balaban J connectivity index is 2.14. The van der Waals surface area contributed by atoms with Crippen molar-refractivity contribution in [3.63, 3.8) is 0 Å². The van der Waals surface area contributed by atoms with Crippen molar-refractivity contribution in [2.45, 2.75) is 19.4 Å². The lowest BCUT2D eigenvalue weighted by molar-refractivity contribution is 0.0283.